The number of carbonyl (C=O) groups is 1. The van der Waals surface area contributed by atoms with Gasteiger partial charge < -0.3 is 19.4 Å². The Kier molecular flexibility index (Phi) is 5.70. The van der Waals surface area contributed by atoms with Crippen molar-refractivity contribution in [2.24, 2.45) is 0 Å². The lowest BCUT2D eigenvalue weighted by atomic mass is 10.1. The van der Waals surface area contributed by atoms with Crippen molar-refractivity contribution in [1.82, 2.24) is 14.9 Å². The van der Waals surface area contributed by atoms with Crippen molar-refractivity contribution in [1.29, 1.82) is 0 Å². The maximum absolute atomic E-state index is 12.7. The Morgan fingerprint density at radius 2 is 1.77 bits per heavy atom. The fourth-order valence-electron chi connectivity index (χ4n) is 3.76. The standard InChI is InChI=1S/C23H27N5O2/c1-26(2)18-6-9-21-20(15-18)23(25-16-24-21)28-12-10-27(11-13-28)22(29)14-17-4-7-19(30-3)8-5-17/h4-9,15-16H,10-14H2,1-3H3. The summed E-state index contributed by atoms with van der Waals surface area (Å²) in [6, 6.07) is 13.9. The van der Waals surface area contributed by atoms with Gasteiger partial charge in [-0.05, 0) is 35.9 Å². The Bertz CT molecular complexity index is 1030. The molecule has 0 atom stereocenters. The van der Waals surface area contributed by atoms with E-state index in [1.54, 1.807) is 13.4 Å². The number of rotatable bonds is 5. The van der Waals surface area contributed by atoms with E-state index in [0.717, 1.165) is 46.8 Å². The number of methoxy groups -OCH3 is 1. The second-order valence-corrected chi connectivity index (χ2v) is 7.69. The molecule has 1 aliphatic rings. The Morgan fingerprint density at radius 3 is 2.43 bits per heavy atom. The van der Waals surface area contributed by atoms with Gasteiger partial charge in [-0.1, -0.05) is 12.1 Å². The Hall–Kier alpha value is -3.35. The fourth-order valence-corrected chi connectivity index (χ4v) is 3.76. The summed E-state index contributed by atoms with van der Waals surface area (Å²) >= 11 is 0. The van der Waals surface area contributed by atoms with Crippen LogP contribution in [-0.4, -0.2) is 68.2 Å². The Balaban J connectivity index is 1.44. The highest BCUT2D eigenvalue weighted by atomic mass is 16.5. The normalized spacial score (nSPS) is 14.1. The Morgan fingerprint density at radius 1 is 1.03 bits per heavy atom. The van der Waals surface area contributed by atoms with Crippen molar-refractivity contribution in [3.63, 3.8) is 0 Å². The molecule has 1 fully saturated rings. The smallest absolute Gasteiger partial charge is 0.227 e. The summed E-state index contributed by atoms with van der Waals surface area (Å²) in [4.78, 5) is 28.0. The van der Waals surface area contributed by atoms with Gasteiger partial charge in [-0.15, -0.1) is 0 Å². The minimum absolute atomic E-state index is 0.155. The molecule has 0 unspecified atom stereocenters. The second-order valence-electron chi connectivity index (χ2n) is 7.69. The first-order chi connectivity index (χ1) is 14.5. The van der Waals surface area contributed by atoms with Gasteiger partial charge in [-0.25, -0.2) is 9.97 Å². The quantitative estimate of drug-likeness (QED) is 0.650. The molecule has 1 amide bonds. The predicted octanol–water partition coefficient (Wildman–Crippen LogP) is 2.60. The molecule has 30 heavy (non-hydrogen) atoms. The first kappa shape index (κ1) is 19.9. The minimum atomic E-state index is 0.155. The van der Waals surface area contributed by atoms with E-state index in [4.69, 9.17) is 4.74 Å². The fraction of sp³-hybridized carbons (Fsp3) is 0.348. The average Bonchev–Trinajstić information content (AvgIpc) is 2.79. The van der Waals surface area contributed by atoms with Crippen LogP contribution in [0.5, 0.6) is 5.75 Å². The molecule has 156 valence electrons. The van der Waals surface area contributed by atoms with Crippen LogP contribution in [0.1, 0.15) is 5.56 Å². The maximum atomic E-state index is 12.7. The molecule has 1 aliphatic heterocycles. The van der Waals surface area contributed by atoms with E-state index >= 15 is 0 Å². The molecule has 1 saturated heterocycles. The zero-order valence-corrected chi connectivity index (χ0v) is 17.7. The molecule has 3 aromatic rings. The molecule has 2 heterocycles. The summed E-state index contributed by atoms with van der Waals surface area (Å²) in [6.07, 6.45) is 2.03. The van der Waals surface area contributed by atoms with Crippen LogP contribution in [0.3, 0.4) is 0 Å². The monoisotopic (exact) mass is 405 g/mol. The zero-order chi connectivity index (χ0) is 21.1. The van der Waals surface area contributed by atoms with E-state index in [1.807, 2.05) is 49.3 Å². The number of carbonyl (C=O) groups excluding carboxylic acids is 1. The molecule has 0 saturated carbocycles. The summed E-state index contributed by atoms with van der Waals surface area (Å²) in [6.45, 7) is 2.89. The van der Waals surface area contributed by atoms with Crippen LogP contribution >= 0.6 is 0 Å². The average molecular weight is 406 g/mol. The number of hydrogen-bond acceptors (Lipinski definition) is 6. The van der Waals surface area contributed by atoms with E-state index in [0.29, 0.717) is 19.5 Å². The molecule has 7 heteroatoms. The van der Waals surface area contributed by atoms with Crippen LogP contribution in [0.2, 0.25) is 0 Å². The number of piperazine rings is 1. The highest BCUT2D eigenvalue weighted by Gasteiger charge is 2.23. The third kappa shape index (κ3) is 4.15. The number of nitrogens with zero attached hydrogens (tertiary/aromatic N) is 5. The molecule has 4 rings (SSSR count). The van der Waals surface area contributed by atoms with Crippen LogP contribution in [0.4, 0.5) is 11.5 Å². The summed E-state index contributed by atoms with van der Waals surface area (Å²) < 4.78 is 5.18. The SMILES string of the molecule is COc1ccc(CC(=O)N2CCN(c3ncnc4ccc(N(C)C)cc34)CC2)cc1. The molecular weight excluding hydrogens is 378 g/mol. The Labute approximate surface area is 176 Å². The van der Waals surface area contributed by atoms with Crippen molar-refractivity contribution in [2.45, 2.75) is 6.42 Å². The lowest BCUT2D eigenvalue weighted by Gasteiger charge is -2.36. The maximum Gasteiger partial charge on any atom is 0.227 e. The molecule has 0 radical (unpaired) electrons. The van der Waals surface area contributed by atoms with Crippen molar-refractivity contribution in [2.75, 3.05) is 57.2 Å². The summed E-state index contributed by atoms with van der Waals surface area (Å²) in [5, 5.41) is 1.04. The number of aromatic nitrogens is 2. The van der Waals surface area contributed by atoms with Crippen molar-refractivity contribution in [3.05, 3.63) is 54.4 Å². The van der Waals surface area contributed by atoms with E-state index in [2.05, 4.69) is 31.9 Å². The van der Waals surface area contributed by atoms with Crippen molar-refractivity contribution < 1.29 is 9.53 Å². The van der Waals surface area contributed by atoms with Crippen LogP contribution in [0.25, 0.3) is 10.9 Å². The zero-order valence-electron chi connectivity index (χ0n) is 17.7. The summed E-state index contributed by atoms with van der Waals surface area (Å²) in [7, 11) is 5.69. The van der Waals surface area contributed by atoms with Gasteiger partial charge in [0, 0.05) is 51.3 Å². The van der Waals surface area contributed by atoms with Gasteiger partial charge in [0.2, 0.25) is 5.91 Å². The topological polar surface area (TPSA) is 61.8 Å². The third-order valence-corrected chi connectivity index (χ3v) is 5.56. The van der Waals surface area contributed by atoms with Gasteiger partial charge in [0.15, 0.2) is 0 Å². The highest BCUT2D eigenvalue weighted by Crippen LogP contribution is 2.27. The molecule has 2 aromatic carbocycles. The predicted molar refractivity (Wildman–Crippen MR) is 119 cm³/mol. The minimum Gasteiger partial charge on any atom is -0.497 e. The summed E-state index contributed by atoms with van der Waals surface area (Å²) in [5.74, 6) is 1.89. The van der Waals surface area contributed by atoms with E-state index in [1.165, 1.54) is 0 Å². The molecule has 0 bridgehead atoms. The number of anilines is 2. The summed E-state index contributed by atoms with van der Waals surface area (Å²) in [5.41, 5.74) is 3.05. The molecular formula is C23H27N5O2. The van der Waals surface area contributed by atoms with E-state index in [-0.39, 0.29) is 5.91 Å². The van der Waals surface area contributed by atoms with Gasteiger partial charge in [0.1, 0.15) is 17.9 Å². The van der Waals surface area contributed by atoms with E-state index < -0.39 is 0 Å². The molecule has 1 aromatic heterocycles. The molecule has 7 nitrogen and oxygen atoms in total. The molecule has 0 spiro atoms. The van der Waals surface area contributed by atoms with Gasteiger partial charge in [-0.3, -0.25) is 4.79 Å². The van der Waals surface area contributed by atoms with Crippen LogP contribution in [0, 0.1) is 0 Å². The van der Waals surface area contributed by atoms with Crippen molar-refractivity contribution in [3.8, 4) is 5.75 Å². The second kappa shape index (κ2) is 8.57. The van der Waals surface area contributed by atoms with Gasteiger partial charge in [0.05, 0.1) is 19.0 Å². The number of benzene rings is 2. The number of ether oxygens (including phenoxy) is 1. The number of amides is 1. The first-order valence-corrected chi connectivity index (χ1v) is 10.1. The van der Waals surface area contributed by atoms with Gasteiger partial charge in [0.25, 0.3) is 0 Å². The largest absolute Gasteiger partial charge is 0.497 e. The lowest BCUT2D eigenvalue weighted by Crippen LogP contribution is -2.49. The van der Waals surface area contributed by atoms with Gasteiger partial charge in [-0.2, -0.15) is 0 Å². The highest BCUT2D eigenvalue weighted by molar-refractivity contribution is 5.92. The third-order valence-electron chi connectivity index (χ3n) is 5.56. The molecule has 0 N–H and O–H groups in total. The lowest BCUT2D eigenvalue weighted by molar-refractivity contribution is -0.130. The van der Waals surface area contributed by atoms with Gasteiger partial charge >= 0.3 is 0 Å². The first-order valence-electron chi connectivity index (χ1n) is 10.1. The van der Waals surface area contributed by atoms with Crippen LogP contribution < -0.4 is 14.5 Å². The molecule has 0 aliphatic carbocycles. The van der Waals surface area contributed by atoms with Crippen molar-refractivity contribution >= 4 is 28.3 Å². The number of hydrogen-bond donors (Lipinski definition) is 0. The van der Waals surface area contributed by atoms with Crippen LogP contribution in [0.15, 0.2) is 48.8 Å². The number of fused-ring (bicyclic) bond motifs is 1. The van der Waals surface area contributed by atoms with E-state index in [9.17, 15) is 4.79 Å². The van der Waals surface area contributed by atoms with Crippen LogP contribution in [-0.2, 0) is 11.2 Å².